The molecular formula is C30H28N4O2. The Balaban J connectivity index is 1.17. The van der Waals surface area contributed by atoms with E-state index in [-0.39, 0.29) is 18.1 Å². The molecule has 1 atom stereocenters. The third kappa shape index (κ3) is 4.15. The lowest BCUT2D eigenvalue weighted by molar-refractivity contribution is 0.212. The van der Waals surface area contributed by atoms with Crippen molar-refractivity contribution in [2.24, 2.45) is 0 Å². The first kappa shape index (κ1) is 22.2. The molecule has 2 heterocycles. The lowest BCUT2D eigenvalue weighted by atomic mass is 10.0. The average Bonchev–Trinajstić information content (AvgIpc) is 3.59. The van der Waals surface area contributed by atoms with Crippen LogP contribution in [0.1, 0.15) is 19.3 Å². The zero-order chi connectivity index (χ0) is 24.5. The summed E-state index contributed by atoms with van der Waals surface area (Å²) in [4.78, 5) is 30.0. The monoisotopic (exact) mass is 476 g/mol. The van der Waals surface area contributed by atoms with Crippen molar-refractivity contribution in [3.05, 3.63) is 96.7 Å². The molecule has 2 aliphatic heterocycles. The molecule has 0 aromatic heterocycles. The van der Waals surface area contributed by atoms with Crippen LogP contribution in [0.15, 0.2) is 96.7 Å². The maximum Gasteiger partial charge on any atom is 0.325 e. The topological polar surface area (TPSA) is 64.7 Å². The van der Waals surface area contributed by atoms with E-state index >= 15 is 0 Å². The fourth-order valence-electron chi connectivity index (χ4n) is 5.43. The van der Waals surface area contributed by atoms with Crippen LogP contribution in [0.4, 0.5) is 21.0 Å². The van der Waals surface area contributed by atoms with E-state index in [0.717, 1.165) is 57.8 Å². The highest BCUT2D eigenvalue weighted by Crippen LogP contribution is 2.31. The SMILES string of the molecule is O=C(Nc1cccc2ccccc12)N1C=C(C2CCCN2C(=O)Nc2cccc3ccccc23)CC1. The largest absolute Gasteiger partial charge is 0.325 e. The fourth-order valence-corrected chi connectivity index (χ4v) is 5.43. The number of hydrogen-bond acceptors (Lipinski definition) is 2. The van der Waals surface area contributed by atoms with Crippen molar-refractivity contribution in [3.63, 3.8) is 0 Å². The van der Waals surface area contributed by atoms with Crippen molar-refractivity contribution < 1.29 is 9.59 Å². The average molecular weight is 477 g/mol. The van der Waals surface area contributed by atoms with Crippen molar-refractivity contribution in [3.8, 4) is 0 Å². The molecule has 0 saturated carbocycles. The number of carbonyl (C=O) groups is 2. The Kier molecular flexibility index (Phi) is 5.77. The quantitative estimate of drug-likeness (QED) is 0.341. The molecule has 6 heteroatoms. The third-order valence-corrected chi connectivity index (χ3v) is 7.23. The molecule has 0 radical (unpaired) electrons. The highest BCUT2D eigenvalue weighted by molar-refractivity contribution is 6.03. The Hall–Kier alpha value is -4.32. The summed E-state index contributed by atoms with van der Waals surface area (Å²) in [6.07, 6.45) is 4.57. The van der Waals surface area contributed by atoms with Crippen molar-refractivity contribution in [1.29, 1.82) is 0 Å². The van der Waals surface area contributed by atoms with Crippen LogP contribution in [0, 0.1) is 0 Å². The summed E-state index contributed by atoms with van der Waals surface area (Å²) in [6, 6.07) is 27.7. The number of urea groups is 2. The zero-order valence-corrected chi connectivity index (χ0v) is 20.0. The van der Waals surface area contributed by atoms with E-state index in [4.69, 9.17) is 0 Å². The van der Waals surface area contributed by atoms with Gasteiger partial charge in [0.2, 0.25) is 0 Å². The van der Waals surface area contributed by atoms with Crippen molar-refractivity contribution in [2.45, 2.75) is 25.3 Å². The Morgan fingerprint density at radius 1 is 0.694 bits per heavy atom. The number of anilines is 2. The summed E-state index contributed by atoms with van der Waals surface area (Å²) in [5.74, 6) is 0. The van der Waals surface area contributed by atoms with Crippen LogP contribution < -0.4 is 10.6 Å². The molecule has 1 fully saturated rings. The van der Waals surface area contributed by atoms with Crippen molar-refractivity contribution in [2.75, 3.05) is 23.7 Å². The molecule has 0 aliphatic carbocycles. The van der Waals surface area contributed by atoms with Crippen LogP contribution in [0.2, 0.25) is 0 Å². The predicted octanol–water partition coefficient (Wildman–Crippen LogP) is 6.81. The van der Waals surface area contributed by atoms with E-state index in [0.29, 0.717) is 13.1 Å². The summed E-state index contributed by atoms with van der Waals surface area (Å²) < 4.78 is 0. The normalized spacial score (nSPS) is 17.4. The minimum atomic E-state index is -0.147. The smallest absolute Gasteiger partial charge is 0.318 e. The van der Waals surface area contributed by atoms with Gasteiger partial charge in [0.15, 0.2) is 0 Å². The molecule has 0 spiro atoms. The van der Waals surface area contributed by atoms with E-state index in [1.54, 1.807) is 4.90 Å². The molecule has 0 bridgehead atoms. The van der Waals surface area contributed by atoms with Gasteiger partial charge in [-0.25, -0.2) is 9.59 Å². The van der Waals surface area contributed by atoms with Gasteiger partial charge in [0.1, 0.15) is 0 Å². The maximum absolute atomic E-state index is 13.3. The van der Waals surface area contributed by atoms with Gasteiger partial charge < -0.3 is 20.4 Å². The molecule has 1 unspecified atom stereocenters. The van der Waals surface area contributed by atoms with Gasteiger partial charge in [0.05, 0.1) is 17.4 Å². The molecule has 4 aromatic carbocycles. The van der Waals surface area contributed by atoms with Crippen molar-refractivity contribution >= 4 is 45.0 Å². The second-order valence-corrected chi connectivity index (χ2v) is 9.41. The second-order valence-electron chi connectivity index (χ2n) is 9.41. The first-order chi connectivity index (χ1) is 17.7. The molecule has 2 aliphatic rings. The number of nitrogens with one attached hydrogen (secondary N) is 2. The molecule has 4 amide bonds. The molecule has 2 N–H and O–H groups in total. The van der Waals surface area contributed by atoms with Crippen LogP contribution in [-0.4, -0.2) is 41.0 Å². The van der Waals surface area contributed by atoms with Crippen molar-refractivity contribution in [1.82, 2.24) is 9.80 Å². The summed E-state index contributed by atoms with van der Waals surface area (Å²) in [6.45, 7) is 1.32. The number of nitrogens with zero attached hydrogens (tertiary/aromatic N) is 2. The number of carbonyl (C=O) groups excluding carboxylic acids is 2. The standard InChI is InChI=1S/C30H28N4O2/c35-29(31-26-14-5-10-21-8-1-3-12-24(21)26)33-19-17-23(20-33)28-16-7-18-34(28)30(36)32-27-15-6-11-22-9-2-4-13-25(22)27/h1-6,8-15,20,28H,7,16-19H2,(H,31,35)(H,32,36). The molecule has 1 saturated heterocycles. The van der Waals surface area contributed by atoms with E-state index in [1.807, 2.05) is 96.0 Å². The van der Waals surface area contributed by atoms with Crippen LogP contribution in [-0.2, 0) is 0 Å². The van der Waals surface area contributed by atoms with E-state index in [9.17, 15) is 9.59 Å². The Bertz CT molecular complexity index is 1480. The number of hydrogen-bond donors (Lipinski definition) is 2. The lowest BCUT2D eigenvalue weighted by Crippen LogP contribution is -2.39. The first-order valence-corrected chi connectivity index (χ1v) is 12.5. The summed E-state index contributed by atoms with van der Waals surface area (Å²) >= 11 is 0. The summed E-state index contributed by atoms with van der Waals surface area (Å²) in [5, 5.41) is 10.4. The lowest BCUT2D eigenvalue weighted by Gasteiger charge is -2.26. The third-order valence-electron chi connectivity index (χ3n) is 7.23. The summed E-state index contributed by atoms with van der Waals surface area (Å²) in [5.41, 5.74) is 2.76. The van der Waals surface area contributed by atoms with Gasteiger partial charge in [-0.05, 0) is 47.7 Å². The van der Waals surface area contributed by atoms with Gasteiger partial charge in [-0.2, -0.15) is 0 Å². The van der Waals surface area contributed by atoms with Crippen LogP contribution in [0.3, 0.4) is 0 Å². The Labute approximate surface area is 210 Å². The number of likely N-dealkylation sites (tertiary alicyclic amines) is 1. The van der Waals surface area contributed by atoms with E-state index in [1.165, 1.54) is 0 Å². The molecule has 6 nitrogen and oxygen atoms in total. The number of amides is 4. The second kappa shape index (κ2) is 9.38. The molecule has 6 rings (SSSR count). The fraction of sp³-hybridized carbons (Fsp3) is 0.200. The maximum atomic E-state index is 13.3. The minimum absolute atomic E-state index is 0.00957. The van der Waals surface area contributed by atoms with E-state index in [2.05, 4.69) is 10.6 Å². The van der Waals surface area contributed by atoms with E-state index < -0.39 is 0 Å². The van der Waals surface area contributed by atoms with Gasteiger partial charge in [-0.15, -0.1) is 0 Å². The van der Waals surface area contributed by atoms with Crippen LogP contribution in [0.25, 0.3) is 21.5 Å². The number of rotatable bonds is 3. The van der Waals surface area contributed by atoms with Crippen LogP contribution >= 0.6 is 0 Å². The van der Waals surface area contributed by atoms with Crippen LogP contribution in [0.5, 0.6) is 0 Å². The number of fused-ring (bicyclic) bond motifs is 2. The molecular weight excluding hydrogens is 448 g/mol. The predicted molar refractivity (Wildman–Crippen MR) is 145 cm³/mol. The molecule has 36 heavy (non-hydrogen) atoms. The molecule has 4 aromatic rings. The zero-order valence-electron chi connectivity index (χ0n) is 20.0. The number of benzene rings is 4. The minimum Gasteiger partial charge on any atom is -0.318 e. The molecule has 180 valence electrons. The van der Waals surface area contributed by atoms with Gasteiger partial charge in [-0.1, -0.05) is 72.8 Å². The Morgan fingerprint density at radius 3 is 1.94 bits per heavy atom. The van der Waals surface area contributed by atoms with Gasteiger partial charge in [-0.3, -0.25) is 0 Å². The highest BCUT2D eigenvalue weighted by atomic mass is 16.2. The Morgan fingerprint density at radius 2 is 1.28 bits per heavy atom. The highest BCUT2D eigenvalue weighted by Gasteiger charge is 2.34. The summed E-state index contributed by atoms with van der Waals surface area (Å²) in [7, 11) is 0. The van der Waals surface area contributed by atoms with Gasteiger partial charge in [0, 0.05) is 30.1 Å². The van der Waals surface area contributed by atoms with Gasteiger partial charge in [0.25, 0.3) is 0 Å². The first-order valence-electron chi connectivity index (χ1n) is 12.5. The van der Waals surface area contributed by atoms with Gasteiger partial charge >= 0.3 is 12.1 Å².